The summed E-state index contributed by atoms with van der Waals surface area (Å²) in [6, 6.07) is 4.25. The fourth-order valence-corrected chi connectivity index (χ4v) is 2.98. The van der Waals surface area contributed by atoms with Crippen molar-refractivity contribution in [2.75, 3.05) is 13.1 Å². The second kappa shape index (κ2) is 6.44. The molecule has 2 rings (SSSR count). The van der Waals surface area contributed by atoms with Crippen molar-refractivity contribution in [1.29, 1.82) is 0 Å². The normalized spacial score (nSPS) is 19.8. The lowest BCUT2D eigenvalue weighted by Gasteiger charge is -2.27. The van der Waals surface area contributed by atoms with Gasteiger partial charge in [-0.25, -0.2) is 8.78 Å². The van der Waals surface area contributed by atoms with Crippen LogP contribution in [0.2, 0.25) is 0 Å². The molecular weight excluding hydrogens is 260 g/mol. The number of benzene rings is 1. The predicted octanol–water partition coefficient (Wildman–Crippen LogP) is 3.66. The summed E-state index contributed by atoms with van der Waals surface area (Å²) in [7, 11) is 0. The van der Waals surface area contributed by atoms with E-state index in [1.54, 1.807) is 0 Å². The molecule has 1 fully saturated rings. The molecular formula is C16H21F2NO. The minimum atomic E-state index is -1.03. The van der Waals surface area contributed by atoms with Gasteiger partial charge in [-0.15, -0.1) is 0 Å². The Labute approximate surface area is 118 Å². The summed E-state index contributed by atoms with van der Waals surface area (Å²) >= 11 is 0. The molecule has 1 aliphatic heterocycles. The molecule has 1 aromatic rings. The summed E-state index contributed by atoms with van der Waals surface area (Å²) in [6.45, 7) is 5.97. The first-order valence-corrected chi connectivity index (χ1v) is 7.22. The van der Waals surface area contributed by atoms with Crippen LogP contribution < -0.4 is 0 Å². The lowest BCUT2D eigenvalue weighted by atomic mass is 10.0. The topological polar surface area (TPSA) is 20.3 Å². The highest BCUT2D eigenvalue weighted by Crippen LogP contribution is 2.24. The average Bonchev–Trinajstić information content (AvgIpc) is 2.87. The van der Waals surface area contributed by atoms with Crippen molar-refractivity contribution in [2.24, 2.45) is 5.92 Å². The summed E-state index contributed by atoms with van der Waals surface area (Å²) in [6.07, 6.45) is 2.54. The molecule has 1 aliphatic rings. The molecule has 4 heteroatoms. The van der Waals surface area contributed by atoms with Gasteiger partial charge in [0.1, 0.15) is 0 Å². The van der Waals surface area contributed by atoms with Gasteiger partial charge in [0.15, 0.2) is 17.4 Å². The molecule has 0 bridgehead atoms. The van der Waals surface area contributed by atoms with E-state index < -0.39 is 11.6 Å². The Bertz CT molecular complexity index is 487. The highest BCUT2D eigenvalue weighted by atomic mass is 19.2. The zero-order chi connectivity index (χ0) is 14.7. The second-order valence-electron chi connectivity index (χ2n) is 5.76. The van der Waals surface area contributed by atoms with Crippen LogP contribution in [-0.4, -0.2) is 29.8 Å². The van der Waals surface area contributed by atoms with Crippen molar-refractivity contribution in [3.8, 4) is 0 Å². The van der Waals surface area contributed by atoms with E-state index in [1.165, 1.54) is 12.1 Å². The third kappa shape index (κ3) is 3.23. The van der Waals surface area contributed by atoms with Crippen molar-refractivity contribution in [3.63, 3.8) is 0 Å². The number of hydrogen-bond acceptors (Lipinski definition) is 2. The number of likely N-dealkylation sites (tertiary alicyclic amines) is 1. The molecule has 0 amide bonds. The monoisotopic (exact) mass is 281 g/mol. The molecule has 1 unspecified atom stereocenters. The maximum Gasteiger partial charge on any atom is 0.169 e. The van der Waals surface area contributed by atoms with Gasteiger partial charge in [0, 0.05) is 19.0 Å². The summed E-state index contributed by atoms with van der Waals surface area (Å²) < 4.78 is 26.7. The number of carbonyl (C=O) groups is 1. The van der Waals surface area contributed by atoms with Gasteiger partial charge < -0.3 is 0 Å². The molecule has 0 saturated carbocycles. The quantitative estimate of drug-likeness (QED) is 0.768. The van der Waals surface area contributed by atoms with Crippen molar-refractivity contribution in [1.82, 2.24) is 4.90 Å². The maximum atomic E-state index is 13.5. The summed E-state index contributed by atoms with van der Waals surface area (Å²) in [5.41, 5.74) is -0.134. The minimum Gasteiger partial charge on any atom is -0.300 e. The highest BCUT2D eigenvalue weighted by molar-refractivity contribution is 5.96. The van der Waals surface area contributed by atoms with E-state index in [-0.39, 0.29) is 17.8 Å². The van der Waals surface area contributed by atoms with Crippen molar-refractivity contribution in [2.45, 2.75) is 39.2 Å². The maximum absolute atomic E-state index is 13.5. The molecule has 1 saturated heterocycles. The Morgan fingerprint density at radius 1 is 1.40 bits per heavy atom. The zero-order valence-corrected chi connectivity index (χ0v) is 12.0. The van der Waals surface area contributed by atoms with Crippen LogP contribution in [0.25, 0.3) is 0 Å². The Morgan fingerprint density at radius 2 is 2.15 bits per heavy atom. The fourth-order valence-electron chi connectivity index (χ4n) is 2.98. The number of halogens is 2. The third-order valence-electron chi connectivity index (χ3n) is 4.06. The molecule has 0 N–H and O–H groups in total. The number of ketones is 1. The minimum absolute atomic E-state index is 0.134. The Morgan fingerprint density at radius 3 is 2.85 bits per heavy atom. The van der Waals surface area contributed by atoms with Gasteiger partial charge in [0.05, 0.1) is 5.56 Å². The lowest BCUT2D eigenvalue weighted by molar-refractivity contribution is 0.0949. The van der Waals surface area contributed by atoms with Crippen LogP contribution in [0.1, 0.15) is 43.5 Å². The molecule has 20 heavy (non-hydrogen) atoms. The van der Waals surface area contributed by atoms with E-state index in [4.69, 9.17) is 0 Å². The van der Waals surface area contributed by atoms with Crippen LogP contribution >= 0.6 is 0 Å². The number of rotatable bonds is 5. The highest BCUT2D eigenvalue weighted by Gasteiger charge is 2.27. The SMILES string of the molecule is CC(C)C1CCCN1CCC(=O)c1cccc(F)c1F. The van der Waals surface area contributed by atoms with Gasteiger partial charge in [-0.1, -0.05) is 19.9 Å². The van der Waals surface area contributed by atoms with Gasteiger partial charge in [-0.2, -0.15) is 0 Å². The van der Waals surface area contributed by atoms with Crippen LogP contribution in [0.5, 0.6) is 0 Å². The molecule has 0 aromatic heterocycles. The first kappa shape index (κ1) is 15.1. The molecule has 0 aliphatic carbocycles. The number of hydrogen-bond donors (Lipinski definition) is 0. The Balaban J connectivity index is 1.97. The summed E-state index contributed by atoms with van der Waals surface area (Å²) in [5.74, 6) is -1.76. The number of nitrogens with zero attached hydrogens (tertiary/aromatic N) is 1. The molecule has 0 radical (unpaired) electrons. The molecule has 1 atom stereocenters. The van der Waals surface area contributed by atoms with Crippen molar-refractivity contribution in [3.05, 3.63) is 35.4 Å². The number of Topliss-reactive ketones (excluding diaryl/α,β-unsaturated/α-hetero) is 1. The largest absolute Gasteiger partial charge is 0.300 e. The van der Waals surface area contributed by atoms with Crippen LogP contribution in [0.15, 0.2) is 18.2 Å². The van der Waals surface area contributed by atoms with E-state index in [1.807, 2.05) is 0 Å². The van der Waals surface area contributed by atoms with E-state index in [9.17, 15) is 13.6 Å². The Hall–Kier alpha value is -1.29. The van der Waals surface area contributed by atoms with Crippen molar-refractivity contribution >= 4 is 5.78 Å². The fraction of sp³-hybridized carbons (Fsp3) is 0.562. The predicted molar refractivity (Wildman–Crippen MR) is 74.7 cm³/mol. The standard InChI is InChI=1S/C16H21F2NO/c1-11(2)14-7-4-9-19(14)10-8-15(20)12-5-3-6-13(17)16(12)18/h3,5-6,11,14H,4,7-10H2,1-2H3. The Kier molecular flexibility index (Phi) is 4.86. The smallest absolute Gasteiger partial charge is 0.169 e. The lowest BCUT2D eigenvalue weighted by Crippen LogP contribution is -2.35. The summed E-state index contributed by atoms with van der Waals surface area (Å²) in [5, 5.41) is 0. The number of carbonyl (C=O) groups excluding carboxylic acids is 1. The molecule has 1 heterocycles. The van der Waals surface area contributed by atoms with Crippen LogP contribution in [0, 0.1) is 17.6 Å². The summed E-state index contributed by atoms with van der Waals surface area (Å²) in [4.78, 5) is 14.3. The van der Waals surface area contributed by atoms with E-state index in [0.717, 1.165) is 25.5 Å². The first-order valence-electron chi connectivity index (χ1n) is 7.22. The molecule has 110 valence electrons. The first-order chi connectivity index (χ1) is 9.50. The molecule has 2 nitrogen and oxygen atoms in total. The third-order valence-corrected chi connectivity index (χ3v) is 4.06. The average molecular weight is 281 g/mol. The molecule has 1 aromatic carbocycles. The van der Waals surface area contributed by atoms with E-state index in [0.29, 0.717) is 18.5 Å². The van der Waals surface area contributed by atoms with Crippen LogP contribution in [0.4, 0.5) is 8.78 Å². The van der Waals surface area contributed by atoms with Crippen molar-refractivity contribution < 1.29 is 13.6 Å². The van der Waals surface area contributed by atoms with Gasteiger partial charge in [0.2, 0.25) is 0 Å². The second-order valence-corrected chi connectivity index (χ2v) is 5.76. The zero-order valence-electron chi connectivity index (χ0n) is 12.0. The molecule has 0 spiro atoms. The van der Waals surface area contributed by atoms with Gasteiger partial charge >= 0.3 is 0 Å². The van der Waals surface area contributed by atoms with Crippen LogP contribution in [0.3, 0.4) is 0 Å². The van der Waals surface area contributed by atoms with Gasteiger partial charge in [0.25, 0.3) is 0 Å². The van der Waals surface area contributed by atoms with E-state index in [2.05, 4.69) is 18.7 Å². The van der Waals surface area contributed by atoms with Crippen LogP contribution in [-0.2, 0) is 0 Å². The van der Waals surface area contributed by atoms with Gasteiger partial charge in [-0.05, 0) is 37.4 Å². The van der Waals surface area contributed by atoms with E-state index >= 15 is 0 Å². The van der Waals surface area contributed by atoms with Gasteiger partial charge in [-0.3, -0.25) is 9.69 Å².